The van der Waals surface area contributed by atoms with E-state index in [0.29, 0.717) is 37.5 Å². The number of allylic oxidation sites excluding steroid dienone is 1. The van der Waals surface area contributed by atoms with Gasteiger partial charge < -0.3 is 9.84 Å². The van der Waals surface area contributed by atoms with Crippen molar-refractivity contribution in [1.82, 2.24) is 4.57 Å². The summed E-state index contributed by atoms with van der Waals surface area (Å²) >= 11 is 1.20. The molecule has 1 aliphatic heterocycles. The van der Waals surface area contributed by atoms with Crippen LogP contribution in [0.5, 0.6) is 5.75 Å². The molecule has 2 heterocycles. The van der Waals surface area contributed by atoms with Gasteiger partial charge in [0.1, 0.15) is 5.75 Å². The first-order valence-corrected chi connectivity index (χ1v) is 12.8. The van der Waals surface area contributed by atoms with Gasteiger partial charge in [0.25, 0.3) is 5.56 Å². The molecule has 9 heteroatoms. The summed E-state index contributed by atoms with van der Waals surface area (Å²) in [5.41, 5.74) is 2.91. The zero-order chi connectivity index (χ0) is 26.6. The summed E-state index contributed by atoms with van der Waals surface area (Å²) in [5, 5.41) is 19.0. The molecule has 1 N–H and O–H groups in total. The van der Waals surface area contributed by atoms with Crippen molar-refractivity contribution >= 4 is 34.8 Å². The number of carbonyl (C=O) groups is 1. The van der Waals surface area contributed by atoms with Crippen molar-refractivity contribution in [2.75, 3.05) is 6.61 Å². The molecule has 38 heavy (non-hydrogen) atoms. The van der Waals surface area contributed by atoms with Gasteiger partial charge in [0, 0.05) is 11.6 Å². The number of phenols is 1. The van der Waals surface area contributed by atoms with Crippen LogP contribution in [0.1, 0.15) is 31.0 Å². The lowest BCUT2D eigenvalue weighted by Gasteiger charge is -2.24. The summed E-state index contributed by atoms with van der Waals surface area (Å²) in [6.45, 7) is 3.69. The molecule has 0 spiro atoms. The van der Waals surface area contributed by atoms with Gasteiger partial charge in [-0.1, -0.05) is 59.9 Å². The van der Waals surface area contributed by atoms with Crippen molar-refractivity contribution in [2.24, 2.45) is 15.2 Å². The lowest BCUT2D eigenvalue weighted by atomic mass is 9.96. The van der Waals surface area contributed by atoms with E-state index in [1.165, 1.54) is 22.0 Å². The Hall–Kier alpha value is -4.63. The van der Waals surface area contributed by atoms with Crippen LogP contribution < -0.4 is 14.9 Å². The van der Waals surface area contributed by atoms with Crippen molar-refractivity contribution < 1.29 is 14.6 Å². The van der Waals surface area contributed by atoms with Crippen molar-refractivity contribution in [1.29, 1.82) is 0 Å². The zero-order valence-corrected chi connectivity index (χ0v) is 21.6. The number of phenolic OH excluding ortho intramolecular Hbond substituents is 1. The number of nitrogens with zero attached hydrogens (tertiary/aromatic N) is 4. The highest BCUT2D eigenvalue weighted by Gasteiger charge is 2.33. The van der Waals surface area contributed by atoms with Gasteiger partial charge in [0.05, 0.1) is 39.8 Å². The first-order valence-electron chi connectivity index (χ1n) is 12.0. The molecule has 0 bridgehead atoms. The SMILES string of the molecule is CCOC(=O)C1=C(C)N=c2s/c(=C\c3ccc(N=Nc4ccccc4)cc3O)c(=O)n2[C@@H]1c1ccccc1. The Kier molecular flexibility index (Phi) is 7.10. The van der Waals surface area contributed by atoms with Gasteiger partial charge in [-0.3, -0.25) is 9.36 Å². The van der Waals surface area contributed by atoms with Crippen LogP contribution in [0.4, 0.5) is 11.4 Å². The van der Waals surface area contributed by atoms with Gasteiger partial charge in [0.15, 0.2) is 4.80 Å². The molecule has 1 aliphatic rings. The average molecular weight is 525 g/mol. The molecule has 0 amide bonds. The molecule has 3 aromatic carbocycles. The van der Waals surface area contributed by atoms with Crippen LogP contribution in [-0.2, 0) is 9.53 Å². The Morgan fingerprint density at radius 2 is 1.74 bits per heavy atom. The second-order valence-corrected chi connectivity index (χ2v) is 9.50. The number of hydrogen-bond donors (Lipinski definition) is 1. The predicted octanol–water partition coefficient (Wildman–Crippen LogP) is 4.92. The van der Waals surface area contributed by atoms with Crippen LogP contribution in [-0.4, -0.2) is 22.2 Å². The number of ether oxygens (including phenoxy) is 1. The molecule has 1 aromatic heterocycles. The molecule has 8 nitrogen and oxygen atoms in total. The molecule has 1 atom stereocenters. The number of aromatic nitrogens is 1. The molecule has 0 aliphatic carbocycles. The summed E-state index contributed by atoms with van der Waals surface area (Å²) in [4.78, 5) is 31.6. The van der Waals surface area contributed by atoms with Gasteiger partial charge in [-0.2, -0.15) is 10.2 Å². The van der Waals surface area contributed by atoms with E-state index in [2.05, 4.69) is 15.2 Å². The zero-order valence-electron chi connectivity index (χ0n) is 20.7. The van der Waals surface area contributed by atoms with Crippen molar-refractivity contribution in [3.8, 4) is 5.75 Å². The maximum absolute atomic E-state index is 13.7. The molecule has 0 fully saturated rings. The minimum absolute atomic E-state index is 0.0386. The van der Waals surface area contributed by atoms with E-state index in [0.717, 1.165) is 5.56 Å². The third-order valence-electron chi connectivity index (χ3n) is 5.97. The summed E-state index contributed by atoms with van der Waals surface area (Å²) in [6.07, 6.45) is 1.61. The van der Waals surface area contributed by atoms with Crippen LogP contribution in [0.2, 0.25) is 0 Å². The summed E-state index contributed by atoms with van der Waals surface area (Å²) < 4.78 is 7.20. The van der Waals surface area contributed by atoms with E-state index in [4.69, 9.17) is 4.74 Å². The quantitative estimate of drug-likeness (QED) is 0.285. The number of azo groups is 1. The van der Waals surface area contributed by atoms with E-state index in [1.54, 1.807) is 32.1 Å². The molecule has 0 saturated carbocycles. The first kappa shape index (κ1) is 25.0. The molecule has 0 saturated heterocycles. The Morgan fingerprint density at radius 1 is 1.05 bits per heavy atom. The lowest BCUT2D eigenvalue weighted by Crippen LogP contribution is -2.39. The van der Waals surface area contributed by atoms with Gasteiger partial charge in [-0.15, -0.1) is 0 Å². The number of benzene rings is 3. The van der Waals surface area contributed by atoms with Gasteiger partial charge in [-0.25, -0.2) is 9.79 Å². The molecule has 0 radical (unpaired) electrons. The number of fused-ring (bicyclic) bond motifs is 1. The van der Waals surface area contributed by atoms with Crippen LogP contribution in [0, 0.1) is 0 Å². The highest BCUT2D eigenvalue weighted by atomic mass is 32.1. The summed E-state index contributed by atoms with van der Waals surface area (Å²) in [5.74, 6) is -0.543. The first-order chi connectivity index (χ1) is 18.5. The number of hydrogen-bond acceptors (Lipinski definition) is 8. The number of carbonyl (C=O) groups excluding carboxylic acids is 1. The van der Waals surface area contributed by atoms with Crippen LogP contribution in [0.25, 0.3) is 6.08 Å². The highest BCUT2D eigenvalue weighted by Crippen LogP contribution is 2.31. The minimum Gasteiger partial charge on any atom is -0.507 e. The number of thiazole rings is 1. The second kappa shape index (κ2) is 10.8. The lowest BCUT2D eigenvalue weighted by molar-refractivity contribution is -0.139. The van der Waals surface area contributed by atoms with E-state index in [9.17, 15) is 14.7 Å². The fourth-order valence-electron chi connectivity index (χ4n) is 4.21. The summed E-state index contributed by atoms with van der Waals surface area (Å²) in [6, 6.07) is 22.8. The Bertz CT molecular complexity index is 1740. The topological polar surface area (TPSA) is 106 Å². The van der Waals surface area contributed by atoms with Crippen molar-refractivity contribution in [3.63, 3.8) is 0 Å². The van der Waals surface area contributed by atoms with Crippen molar-refractivity contribution in [2.45, 2.75) is 19.9 Å². The molecular weight excluding hydrogens is 500 g/mol. The number of esters is 1. The van der Waals surface area contributed by atoms with Gasteiger partial charge in [0.2, 0.25) is 0 Å². The molecule has 5 rings (SSSR count). The maximum Gasteiger partial charge on any atom is 0.338 e. The number of aromatic hydroxyl groups is 1. The Morgan fingerprint density at radius 3 is 2.42 bits per heavy atom. The standard InChI is InChI=1S/C29H24N4O4S/c1-3-37-28(36)25-18(2)30-29-33(26(25)19-10-6-4-7-11-19)27(35)24(38-29)16-20-14-15-22(17-23(20)34)32-31-21-12-8-5-9-13-21/h4-17,26,34H,3H2,1-2H3/b24-16-,32-31?/t26-/m1/s1. The third kappa shape index (κ3) is 4.96. The Balaban J connectivity index is 1.57. The van der Waals surface area contributed by atoms with E-state index in [-0.39, 0.29) is 17.9 Å². The van der Waals surface area contributed by atoms with Crippen LogP contribution >= 0.6 is 11.3 Å². The maximum atomic E-state index is 13.7. The largest absolute Gasteiger partial charge is 0.507 e. The van der Waals surface area contributed by atoms with E-state index >= 15 is 0 Å². The van der Waals surface area contributed by atoms with Gasteiger partial charge in [-0.05, 0) is 49.8 Å². The Labute approximate surface area is 222 Å². The number of rotatable bonds is 6. The molecule has 0 unspecified atom stereocenters. The molecule has 190 valence electrons. The van der Waals surface area contributed by atoms with Crippen LogP contribution in [0.15, 0.2) is 110 Å². The summed E-state index contributed by atoms with van der Waals surface area (Å²) in [7, 11) is 0. The van der Waals surface area contributed by atoms with Crippen molar-refractivity contribution in [3.05, 3.63) is 121 Å². The van der Waals surface area contributed by atoms with Crippen LogP contribution in [0.3, 0.4) is 0 Å². The fraction of sp³-hybridized carbons (Fsp3) is 0.138. The highest BCUT2D eigenvalue weighted by molar-refractivity contribution is 7.07. The molecular formula is C29H24N4O4S. The normalized spacial score (nSPS) is 15.4. The average Bonchev–Trinajstić information content (AvgIpc) is 3.23. The van der Waals surface area contributed by atoms with Gasteiger partial charge >= 0.3 is 5.97 Å². The third-order valence-corrected chi connectivity index (χ3v) is 6.95. The fourth-order valence-corrected chi connectivity index (χ4v) is 5.25. The van der Waals surface area contributed by atoms with E-state index < -0.39 is 12.0 Å². The monoisotopic (exact) mass is 524 g/mol. The minimum atomic E-state index is -0.678. The van der Waals surface area contributed by atoms with E-state index in [1.807, 2.05) is 60.7 Å². The molecule has 4 aromatic rings. The predicted molar refractivity (Wildman–Crippen MR) is 146 cm³/mol. The second-order valence-electron chi connectivity index (χ2n) is 8.49. The smallest absolute Gasteiger partial charge is 0.338 e.